The van der Waals surface area contributed by atoms with Gasteiger partial charge in [-0.2, -0.15) is 0 Å². The van der Waals surface area contributed by atoms with Crippen molar-refractivity contribution in [3.63, 3.8) is 0 Å². The van der Waals surface area contributed by atoms with Crippen LogP contribution in [-0.4, -0.2) is 19.0 Å². The molecule has 0 spiro atoms. The molecule has 20 heavy (non-hydrogen) atoms. The van der Waals surface area contributed by atoms with Gasteiger partial charge < -0.3 is 9.47 Å². The maximum Gasteiger partial charge on any atom is 0.192 e. The van der Waals surface area contributed by atoms with Crippen molar-refractivity contribution in [2.75, 3.05) is 13.2 Å². The van der Waals surface area contributed by atoms with Crippen molar-refractivity contribution >= 4 is 5.78 Å². The summed E-state index contributed by atoms with van der Waals surface area (Å²) in [6.45, 7) is 1.06. The molecule has 3 heteroatoms. The summed E-state index contributed by atoms with van der Waals surface area (Å²) in [6, 6.07) is 5.57. The van der Waals surface area contributed by atoms with Gasteiger partial charge in [0.05, 0.1) is 5.56 Å². The van der Waals surface area contributed by atoms with Crippen molar-refractivity contribution in [3.05, 3.63) is 35.4 Å². The molecular formula is C17H20O3. The molecule has 1 aromatic carbocycles. The second-order valence-corrected chi connectivity index (χ2v) is 5.34. The molecule has 3 rings (SSSR count). The maximum absolute atomic E-state index is 12.7. The molecule has 1 aliphatic heterocycles. The van der Waals surface area contributed by atoms with Crippen LogP contribution in [0.4, 0.5) is 0 Å². The van der Waals surface area contributed by atoms with Gasteiger partial charge in [-0.25, -0.2) is 0 Å². The smallest absolute Gasteiger partial charge is 0.192 e. The Morgan fingerprint density at radius 1 is 1.00 bits per heavy atom. The van der Waals surface area contributed by atoms with Crippen LogP contribution in [0.1, 0.15) is 48.9 Å². The molecule has 1 heterocycles. The van der Waals surface area contributed by atoms with Crippen molar-refractivity contribution < 1.29 is 14.3 Å². The molecule has 0 fully saturated rings. The number of hydrogen-bond donors (Lipinski definition) is 0. The third-order valence-corrected chi connectivity index (χ3v) is 3.89. The molecule has 0 N–H and O–H groups in total. The number of para-hydroxylation sites is 1. The lowest BCUT2D eigenvalue weighted by molar-refractivity contribution is 0.101. The van der Waals surface area contributed by atoms with Crippen molar-refractivity contribution in [3.8, 4) is 11.5 Å². The van der Waals surface area contributed by atoms with Crippen LogP contribution < -0.4 is 9.47 Å². The predicted molar refractivity (Wildman–Crippen MR) is 77.5 cm³/mol. The highest BCUT2D eigenvalue weighted by molar-refractivity contribution is 6.10. The van der Waals surface area contributed by atoms with E-state index in [2.05, 4.69) is 6.08 Å². The lowest BCUT2D eigenvalue weighted by Gasteiger charge is -2.21. The summed E-state index contributed by atoms with van der Waals surface area (Å²) in [5, 5.41) is 0. The van der Waals surface area contributed by atoms with E-state index in [0.717, 1.165) is 24.8 Å². The number of rotatable bonds is 2. The van der Waals surface area contributed by atoms with Crippen molar-refractivity contribution in [2.24, 2.45) is 0 Å². The first-order valence-electron chi connectivity index (χ1n) is 7.48. The Morgan fingerprint density at radius 2 is 1.85 bits per heavy atom. The highest BCUT2D eigenvalue weighted by atomic mass is 16.6. The van der Waals surface area contributed by atoms with E-state index in [9.17, 15) is 4.79 Å². The number of allylic oxidation sites excluding steroid dienone is 2. The molecular weight excluding hydrogens is 252 g/mol. The SMILES string of the molecule is O=C(/C1=C/CCCCCC1)c1cccc2c1OCCO2. The normalized spacial score (nSPS) is 21.3. The molecule has 2 aliphatic rings. The average Bonchev–Trinajstić information content (AvgIpc) is 2.46. The Labute approximate surface area is 119 Å². The van der Waals surface area contributed by atoms with Gasteiger partial charge in [-0.05, 0) is 43.4 Å². The van der Waals surface area contributed by atoms with Gasteiger partial charge in [-0.15, -0.1) is 0 Å². The number of benzene rings is 1. The number of Topliss-reactive ketones (excluding diaryl/α,β-unsaturated/α-hetero) is 1. The predicted octanol–water partition coefficient (Wildman–Crippen LogP) is 3.92. The first-order chi connectivity index (χ1) is 9.86. The van der Waals surface area contributed by atoms with Crippen molar-refractivity contribution in [1.29, 1.82) is 0 Å². The molecule has 0 amide bonds. The lowest BCUT2D eigenvalue weighted by atomic mass is 9.93. The van der Waals surface area contributed by atoms with E-state index in [1.54, 1.807) is 0 Å². The van der Waals surface area contributed by atoms with Crippen LogP contribution in [0.5, 0.6) is 11.5 Å². The fraction of sp³-hybridized carbons (Fsp3) is 0.471. The van der Waals surface area contributed by atoms with Gasteiger partial charge >= 0.3 is 0 Å². The Bertz CT molecular complexity index is 531. The van der Waals surface area contributed by atoms with Gasteiger partial charge in [0.1, 0.15) is 13.2 Å². The van der Waals surface area contributed by atoms with Crippen molar-refractivity contribution in [1.82, 2.24) is 0 Å². The summed E-state index contributed by atoms with van der Waals surface area (Å²) in [4.78, 5) is 12.7. The minimum atomic E-state index is 0.106. The Balaban J connectivity index is 1.90. The summed E-state index contributed by atoms with van der Waals surface area (Å²) < 4.78 is 11.2. The number of ketones is 1. The fourth-order valence-corrected chi connectivity index (χ4v) is 2.82. The Kier molecular flexibility index (Phi) is 4.05. The van der Waals surface area contributed by atoms with Gasteiger partial charge in [0, 0.05) is 0 Å². The highest BCUT2D eigenvalue weighted by Crippen LogP contribution is 2.35. The zero-order valence-electron chi connectivity index (χ0n) is 11.7. The summed E-state index contributed by atoms with van der Waals surface area (Å²) in [7, 11) is 0. The van der Waals surface area contributed by atoms with Crippen LogP contribution in [0.2, 0.25) is 0 Å². The minimum absolute atomic E-state index is 0.106. The van der Waals surface area contributed by atoms with Crippen LogP contribution >= 0.6 is 0 Å². The van der Waals surface area contributed by atoms with Gasteiger partial charge in [0.2, 0.25) is 0 Å². The van der Waals surface area contributed by atoms with E-state index >= 15 is 0 Å². The van der Waals surface area contributed by atoms with Gasteiger partial charge in [-0.1, -0.05) is 25.0 Å². The molecule has 0 unspecified atom stereocenters. The average molecular weight is 272 g/mol. The summed E-state index contributed by atoms with van der Waals surface area (Å²) in [5.41, 5.74) is 1.58. The van der Waals surface area contributed by atoms with E-state index in [0.29, 0.717) is 30.3 Å². The molecule has 0 saturated heterocycles. The molecule has 106 valence electrons. The Hall–Kier alpha value is -1.77. The van der Waals surface area contributed by atoms with Gasteiger partial charge in [0.25, 0.3) is 0 Å². The number of ether oxygens (including phenoxy) is 2. The number of carbonyl (C=O) groups excluding carboxylic acids is 1. The Morgan fingerprint density at radius 3 is 2.80 bits per heavy atom. The van der Waals surface area contributed by atoms with E-state index in [1.807, 2.05) is 18.2 Å². The minimum Gasteiger partial charge on any atom is -0.486 e. The van der Waals surface area contributed by atoms with E-state index < -0.39 is 0 Å². The zero-order chi connectivity index (χ0) is 13.8. The van der Waals surface area contributed by atoms with E-state index in [1.165, 1.54) is 19.3 Å². The second-order valence-electron chi connectivity index (χ2n) is 5.34. The van der Waals surface area contributed by atoms with Crippen LogP contribution in [0.25, 0.3) is 0 Å². The van der Waals surface area contributed by atoms with Crippen LogP contribution in [0.15, 0.2) is 29.8 Å². The summed E-state index contributed by atoms with van der Waals surface area (Å²) in [5.74, 6) is 1.41. The van der Waals surface area contributed by atoms with Gasteiger partial charge in [0.15, 0.2) is 17.3 Å². The third-order valence-electron chi connectivity index (χ3n) is 3.89. The quantitative estimate of drug-likeness (QED) is 0.765. The molecule has 1 aliphatic carbocycles. The number of hydrogen-bond acceptors (Lipinski definition) is 3. The molecule has 0 radical (unpaired) electrons. The monoisotopic (exact) mass is 272 g/mol. The molecule has 1 aromatic rings. The van der Waals surface area contributed by atoms with Gasteiger partial charge in [-0.3, -0.25) is 4.79 Å². The molecule has 0 bridgehead atoms. The number of carbonyl (C=O) groups is 1. The largest absolute Gasteiger partial charge is 0.486 e. The summed E-state index contributed by atoms with van der Waals surface area (Å²) >= 11 is 0. The van der Waals surface area contributed by atoms with Crippen LogP contribution in [-0.2, 0) is 0 Å². The fourth-order valence-electron chi connectivity index (χ4n) is 2.82. The topological polar surface area (TPSA) is 35.5 Å². The standard InChI is InChI=1S/C17H20O3/c18-16(13-7-4-2-1-3-5-8-13)14-9-6-10-15-17(14)20-12-11-19-15/h6-7,9-10H,1-5,8,11-12H2/b13-7+. The van der Waals surface area contributed by atoms with Crippen LogP contribution in [0.3, 0.4) is 0 Å². The molecule has 0 saturated carbocycles. The first kappa shape index (κ1) is 13.2. The lowest BCUT2D eigenvalue weighted by Crippen LogP contribution is -2.18. The van der Waals surface area contributed by atoms with Crippen molar-refractivity contribution in [2.45, 2.75) is 38.5 Å². The third kappa shape index (κ3) is 2.72. The first-order valence-corrected chi connectivity index (χ1v) is 7.48. The molecule has 0 atom stereocenters. The van der Waals surface area contributed by atoms with Crippen LogP contribution in [0, 0.1) is 0 Å². The molecule has 0 aromatic heterocycles. The summed E-state index contributed by atoms with van der Waals surface area (Å²) in [6.07, 6.45) is 8.78. The maximum atomic E-state index is 12.7. The van der Waals surface area contributed by atoms with E-state index in [4.69, 9.17) is 9.47 Å². The zero-order valence-corrected chi connectivity index (χ0v) is 11.7. The second kappa shape index (κ2) is 6.12. The number of fused-ring (bicyclic) bond motifs is 1. The highest BCUT2D eigenvalue weighted by Gasteiger charge is 2.22. The van der Waals surface area contributed by atoms with E-state index in [-0.39, 0.29) is 5.78 Å². The molecule has 3 nitrogen and oxygen atoms in total.